The second-order valence-electron chi connectivity index (χ2n) is 8.05. The van der Waals surface area contributed by atoms with Crippen LogP contribution in [-0.2, 0) is 9.53 Å². The molecule has 1 aliphatic carbocycles. The lowest BCUT2D eigenvalue weighted by Crippen LogP contribution is -2.43. The molecule has 1 unspecified atom stereocenters. The Morgan fingerprint density at radius 2 is 1.96 bits per heavy atom. The Morgan fingerprint density at radius 3 is 2.52 bits per heavy atom. The smallest absolute Gasteiger partial charge is 0.243 e. The number of likely N-dealkylation sites (N-methyl/N-ethyl adjacent to an activating group) is 1. The summed E-state index contributed by atoms with van der Waals surface area (Å²) in [5.74, 6) is 1.43. The molecule has 1 amide bonds. The molecule has 1 aliphatic rings. The number of aliphatic imine (C=N–C) groups is 1. The van der Waals surface area contributed by atoms with Gasteiger partial charge in [-0.25, -0.2) is 4.99 Å². The van der Waals surface area contributed by atoms with Gasteiger partial charge in [-0.1, -0.05) is 33.1 Å². The summed E-state index contributed by atoms with van der Waals surface area (Å²) in [7, 11) is 3.53. The number of carbonyl (C=O) groups excluding carboxylic acids is 1. The highest BCUT2D eigenvalue weighted by Crippen LogP contribution is 2.48. The lowest BCUT2D eigenvalue weighted by atomic mass is 9.99. The summed E-state index contributed by atoms with van der Waals surface area (Å²) in [6, 6.07) is 0. The van der Waals surface area contributed by atoms with Crippen LogP contribution in [0.2, 0.25) is 0 Å². The Morgan fingerprint density at radius 1 is 1.22 bits per heavy atom. The van der Waals surface area contributed by atoms with Crippen LogP contribution in [0.4, 0.5) is 0 Å². The Balaban J connectivity index is 2.56. The summed E-state index contributed by atoms with van der Waals surface area (Å²) in [6.07, 6.45) is 8.47. The van der Waals surface area contributed by atoms with Crippen LogP contribution in [0.3, 0.4) is 0 Å². The predicted octanol–water partition coefficient (Wildman–Crippen LogP) is 3.03. The molecule has 1 rings (SSSR count). The molecule has 0 radical (unpaired) electrons. The van der Waals surface area contributed by atoms with Crippen molar-refractivity contribution in [2.75, 3.05) is 46.9 Å². The number of amides is 1. The standard InChI is InChI=1S/C21H42N4O2/c1-6-9-10-18(7-2)15-22-20(23-16-19(26)25(4)5)24-17-21(11-12-21)13-14-27-8-3/h18H,6-17H2,1-5H3,(H2,22,23,24). The van der Waals surface area contributed by atoms with Crippen LogP contribution in [0.15, 0.2) is 4.99 Å². The van der Waals surface area contributed by atoms with Gasteiger partial charge in [0.15, 0.2) is 5.96 Å². The van der Waals surface area contributed by atoms with Crippen molar-refractivity contribution in [3.63, 3.8) is 0 Å². The maximum atomic E-state index is 11.9. The number of hydrogen-bond donors (Lipinski definition) is 2. The highest BCUT2D eigenvalue weighted by molar-refractivity contribution is 5.84. The third-order valence-electron chi connectivity index (χ3n) is 5.54. The number of nitrogens with zero attached hydrogens (tertiary/aromatic N) is 2. The molecule has 1 atom stereocenters. The van der Waals surface area contributed by atoms with E-state index in [4.69, 9.17) is 4.74 Å². The molecule has 158 valence electrons. The van der Waals surface area contributed by atoms with Crippen molar-refractivity contribution in [3.05, 3.63) is 0 Å². The summed E-state index contributed by atoms with van der Waals surface area (Å²) >= 11 is 0. The maximum absolute atomic E-state index is 11.9. The molecule has 0 aromatic rings. The van der Waals surface area contributed by atoms with Crippen molar-refractivity contribution < 1.29 is 9.53 Å². The SMILES string of the molecule is CCCCC(CC)CNC(=NCC(=O)N(C)C)NCC1(CCOCC)CC1. The number of nitrogens with one attached hydrogen (secondary N) is 2. The molecule has 6 nitrogen and oxygen atoms in total. The molecular formula is C21H42N4O2. The van der Waals surface area contributed by atoms with Crippen LogP contribution < -0.4 is 10.6 Å². The first-order valence-electron chi connectivity index (χ1n) is 10.8. The summed E-state index contributed by atoms with van der Waals surface area (Å²) in [6.45, 7) is 10.1. The molecule has 0 bridgehead atoms. The molecule has 0 aliphatic heterocycles. The number of hydrogen-bond acceptors (Lipinski definition) is 3. The van der Waals surface area contributed by atoms with E-state index in [9.17, 15) is 4.79 Å². The van der Waals surface area contributed by atoms with Crippen molar-refractivity contribution >= 4 is 11.9 Å². The second kappa shape index (κ2) is 13.0. The number of rotatable bonds is 14. The van der Waals surface area contributed by atoms with E-state index in [1.807, 2.05) is 6.92 Å². The van der Waals surface area contributed by atoms with Gasteiger partial charge in [-0.3, -0.25) is 4.79 Å². The van der Waals surface area contributed by atoms with Crippen molar-refractivity contribution in [2.24, 2.45) is 16.3 Å². The van der Waals surface area contributed by atoms with Gasteiger partial charge in [-0.05, 0) is 43.9 Å². The van der Waals surface area contributed by atoms with Crippen molar-refractivity contribution in [3.8, 4) is 0 Å². The molecule has 0 aromatic carbocycles. The average molecular weight is 383 g/mol. The Kier molecular flexibility index (Phi) is 11.4. The first kappa shape index (κ1) is 23.7. The Labute approximate surface area is 166 Å². The van der Waals surface area contributed by atoms with Crippen LogP contribution in [0.5, 0.6) is 0 Å². The minimum atomic E-state index is 0.0200. The zero-order valence-corrected chi connectivity index (χ0v) is 18.3. The van der Waals surface area contributed by atoms with E-state index in [1.54, 1.807) is 19.0 Å². The summed E-state index contributed by atoms with van der Waals surface area (Å²) in [5.41, 5.74) is 0.343. The van der Waals surface area contributed by atoms with Crippen molar-refractivity contribution in [1.82, 2.24) is 15.5 Å². The fourth-order valence-corrected chi connectivity index (χ4v) is 3.04. The van der Waals surface area contributed by atoms with Crippen molar-refractivity contribution in [2.45, 2.75) is 65.7 Å². The molecular weight excluding hydrogens is 340 g/mol. The van der Waals surface area contributed by atoms with Gasteiger partial charge in [0, 0.05) is 40.4 Å². The number of guanidine groups is 1. The highest BCUT2D eigenvalue weighted by atomic mass is 16.5. The van der Waals surface area contributed by atoms with E-state index in [0.29, 0.717) is 11.3 Å². The Bertz CT molecular complexity index is 447. The molecule has 2 N–H and O–H groups in total. The molecule has 0 spiro atoms. The number of unbranched alkanes of at least 4 members (excludes halogenated alkanes) is 1. The zero-order valence-electron chi connectivity index (χ0n) is 18.3. The average Bonchev–Trinajstić information content (AvgIpc) is 3.43. The molecule has 0 heterocycles. The van der Waals surface area contributed by atoms with E-state index in [-0.39, 0.29) is 12.5 Å². The number of ether oxygens (including phenoxy) is 1. The fraction of sp³-hybridized carbons (Fsp3) is 0.905. The van der Waals surface area contributed by atoms with E-state index in [0.717, 1.165) is 45.1 Å². The third-order valence-corrected chi connectivity index (χ3v) is 5.54. The Hall–Kier alpha value is -1.30. The molecule has 1 fully saturated rings. The normalized spacial score (nSPS) is 16.7. The fourth-order valence-electron chi connectivity index (χ4n) is 3.04. The molecule has 0 saturated heterocycles. The minimum Gasteiger partial charge on any atom is -0.382 e. The summed E-state index contributed by atoms with van der Waals surface area (Å²) < 4.78 is 5.53. The van der Waals surface area contributed by atoms with Gasteiger partial charge >= 0.3 is 0 Å². The summed E-state index contributed by atoms with van der Waals surface area (Å²) in [4.78, 5) is 18.0. The first-order valence-corrected chi connectivity index (χ1v) is 10.8. The van der Waals surface area contributed by atoms with Gasteiger partial charge in [0.25, 0.3) is 0 Å². The predicted molar refractivity (Wildman–Crippen MR) is 113 cm³/mol. The maximum Gasteiger partial charge on any atom is 0.243 e. The van der Waals surface area contributed by atoms with Crippen LogP contribution in [0.1, 0.15) is 65.7 Å². The topological polar surface area (TPSA) is 66.0 Å². The lowest BCUT2D eigenvalue weighted by molar-refractivity contribution is -0.127. The van der Waals surface area contributed by atoms with E-state index in [2.05, 4.69) is 29.5 Å². The van der Waals surface area contributed by atoms with Crippen LogP contribution >= 0.6 is 0 Å². The largest absolute Gasteiger partial charge is 0.382 e. The lowest BCUT2D eigenvalue weighted by Gasteiger charge is -2.21. The van der Waals surface area contributed by atoms with E-state index >= 15 is 0 Å². The molecule has 1 saturated carbocycles. The monoisotopic (exact) mass is 382 g/mol. The van der Waals surface area contributed by atoms with E-state index < -0.39 is 0 Å². The van der Waals surface area contributed by atoms with Crippen molar-refractivity contribution in [1.29, 1.82) is 0 Å². The van der Waals surface area contributed by atoms with Gasteiger partial charge in [0.05, 0.1) is 0 Å². The zero-order chi connectivity index (χ0) is 20.1. The van der Waals surface area contributed by atoms with Crippen LogP contribution in [0.25, 0.3) is 0 Å². The quantitative estimate of drug-likeness (QED) is 0.275. The molecule has 6 heteroatoms. The highest BCUT2D eigenvalue weighted by Gasteiger charge is 2.42. The third kappa shape index (κ3) is 9.99. The van der Waals surface area contributed by atoms with Gasteiger partial charge in [-0.15, -0.1) is 0 Å². The molecule has 27 heavy (non-hydrogen) atoms. The van der Waals surface area contributed by atoms with Crippen LogP contribution in [-0.4, -0.2) is 63.7 Å². The number of carbonyl (C=O) groups is 1. The molecule has 0 aromatic heterocycles. The first-order chi connectivity index (χ1) is 13.0. The van der Waals surface area contributed by atoms with E-state index in [1.165, 1.54) is 32.1 Å². The summed E-state index contributed by atoms with van der Waals surface area (Å²) in [5, 5.41) is 6.97. The van der Waals surface area contributed by atoms with Gasteiger partial charge < -0.3 is 20.3 Å². The second-order valence-corrected chi connectivity index (χ2v) is 8.05. The van der Waals surface area contributed by atoms with Gasteiger partial charge in [-0.2, -0.15) is 0 Å². The van der Waals surface area contributed by atoms with Gasteiger partial charge in [0.1, 0.15) is 6.54 Å². The minimum absolute atomic E-state index is 0.0200. The van der Waals surface area contributed by atoms with Gasteiger partial charge in [0.2, 0.25) is 5.91 Å². The van der Waals surface area contributed by atoms with Crippen LogP contribution in [0, 0.1) is 11.3 Å².